The minimum Gasteiger partial charge on any atom is -0.400 e. The predicted molar refractivity (Wildman–Crippen MR) is 181 cm³/mol. The Morgan fingerprint density at radius 3 is 2.24 bits per heavy atom. The molecular weight excluding hydrogens is 619 g/mol. The number of alkyl halides is 3. The summed E-state index contributed by atoms with van der Waals surface area (Å²) in [6, 6.07) is 12.7. The fraction of sp³-hybridized carbons (Fsp3) is 0.500. The second-order valence-electron chi connectivity index (χ2n) is 9.64. The van der Waals surface area contributed by atoms with Crippen LogP contribution < -0.4 is 11.1 Å². The summed E-state index contributed by atoms with van der Waals surface area (Å²) in [5, 5.41) is 11.5. The maximum absolute atomic E-state index is 13.1. The van der Waals surface area contributed by atoms with Gasteiger partial charge in [-0.25, -0.2) is 9.79 Å². The monoisotopic (exact) mass is 667 g/mol. The molecule has 2 amide bonds. The summed E-state index contributed by atoms with van der Waals surface area (Å²) in [4.78, 5) is 18.7. The van der Waals surface area contributed by atoms with E-state index in [-0.39, 0.29) is 18.1 Å². The molecule has 0 radical (unpaired) electrons. The van der Waals surface area contributed by atoms with Crippen LogP contribution >= 0.6 is 11.6 Å². The van der Waals surface area contributed by atoms with Crippen LogP contribution in [0.2, 0.25) is 5.02 Å². The van der Waals surface area contributed by atoms with Gasteiger partial charge >= 0.3 is 12.2 Å². The van der Waals surface area contributed by atoms with Crippen LogP contribution in [0.1, 0.15) is 78.4 Å². The molecule has 256 valence electrons. The van der Waals surface area contributed by atoms with Crippen LogP contribution in [-0.4, -0.2) is 60.7 Å². The van der Waals surface area contributed by atoms with Crippen molar-refractivity contribution < 1.29 is 27.4 Å². The zero-order valence-electron chi connectivity index (χ0n) is 28.0. The highest BCUT2D eigenvalue weighted by Gasteiger charge is 2.46. The van der Waals surface area contributed by atoms with Crippen LogP contribution in [0.15, 0.2) is 64.8 Å². The molecule has 4 N–H and O–H groups in total. The molecule has 2 fully saturated rings. The zero-order valence-corrected chi connectivity index (χ0v) is 28.7. The highest BCUT2D eigenvalue weighted by Crippen LogP contribution is 2.39. The van der Waals surface area contributed by atoms with Gasteiger partial charge in [0.2, 0.25) is 5.79 Å². The highest BCUT2D eigenvalue weighted by molar-refractivity contribution is 6.30. The van der Waals surface area contributed by atoms with E-state index in [1.54, 1.807) is 48.5 Å². The maximum atomic E-state index is 13.1. The summed E-state index contributed by atoms with van der Waals surface area (Å²) in [6.45, 7) is 13.7. The van der Waals surface area contributed by atoms with Crippen molar-refractivity contribution in [2.45, 2.75) is 86.1 Å². The summed E-state index contributed by atoms with van der Waals surface area (Å²) in [6.07, 6.45) is -3.98. The van der Waals surface area contributed by atoms with E-state index in [9.17, 15) is 18.0 Å². The fourth-order valence-electron chi connectivity index (χ4n) is 4.63. The fourth-order valence-corrected chi connectivity index (χ4v) is 4.82. The summed E-state index contributed by atoms with van der Waals surface area (Å²) < 4.78 is 51.1. The molecular formula is C34H49ClF3N5O3. The number of nitrogens with two attached hydrogens (primary N) is 1. The van der Waals surface area contributed by atoms with Gasteiger partial charge in [-0.2, -0.15) is 13.2 Å². The van der Waals surface area contributed by atoms with Gasteiger partial charge < -0.3 is 20.5 Å². The Morgan fingerprint density at radius 2 is 1.67 bits per heavy atom. The second kappa shape index (κ2) is 20.0. The highest BCUT2D eigenvalue weighted by atomic mass is 35.5. The van der Waals surface area contributed by atoms with Crippen molar-refractivity contribution in [3.05, 3.63) is 76.0 Å². The third kappa shape index (κ3) is 11.7. The number of rotatable bonds is 6. The number of aliphatic imine (C=N–C) groups is 1. The molecule has 2 aromatic carbocycles. The van der Waals surface area contributed by atoms with Crippen LogP contribution in [-0.2, 0) is 9.47 Å². The first-order valence-corrected chi connectivity index (χ1v) is 16.2. The summed E-state index contributed by atoms with van der Waals surface area (Å²) in [5.74, 6) is -1.43. The molecule has 1 aliphatic carbocycles. The standard InChI is InChI=1S/C28H31ClF3N5O3.3C2H6/c1-18-7-9-19(10-8-18)25(34)37(13-12-28(30,31)32)26(38)35-17-23(33)22-6-3-11-27(39-14-15-40-27)24(22)36-21-5-2-4-20(29)16-21;3*1-2/h2,4-5,7-10,16,34H,3,6,11-15,17,33H2,1H3,(H,35,38);3*1-2H3/b23-22-,34-25?,36-24?;;;. The Balaban J connectivity index is 0.00000166. The van der Waals surface area contributed by atoms with E-state index < -0.39 is 31.0 Å². The lowest BCUT2D eigenvalue weighted by atomic mass is 9.85. The minimum atomic E-state index is -4.50. The summed E-state index contributed by atoms with van der Waals surface area (Å²) in [7, 11) is 0. The number of hydrogen-bond acceptors (Lipinski definition) is 6. The summed E-state index contributed by atoms with van der Waals surface area (Å²) in [5.41, 5.74) is 9.64. The molecule has 1 spiro atoms. The van der Waals surface area contributed by atoms with Crippen molar-refractivity contribution in [3.8, 4) is 0 Å². The quantitative estimate of drug-likeness (QED) is 0.211. The molecule has 1 heterocycles. The van der Waals surface area contributed by atoms with E-state index in [0.717, 1.165) is 10.5 Å². The van der Waals surface area contributed by atoms with Gasteiger partial charge in [-0.05, 0) is 43.5 Å². The molecule has 8 nitrogen and oxygen atoms in total. The number of carbonyl (C=O) groups excluding carboxylic acids is 1. The van der Waals surface area contributed by atoms with Gasteiger partial charge in [-0.3, -0.25) is 10.3 Å². The van der Waals surface area contributed by atoms with Gasteiger partial charge in [0.15, 0.2) is 0 Å². The van der Waals surface area contributed by atoms with Gasteiger partial charge in [0.05, 0.1) is 31.9 Å². The van der Waals surface area contributed by atoms with Crippen molar-refractivity contribution >= 4 is 34.9 Å². The van der Waals surface area contributed by atoms with Crippen molar-refractivity contribution in [1.82, 2.24) is 10.2 Å². The third-order valence-corrected chi connectivity index (χ3v) is 6.89. The van der Waals surface area contributed by atoms with Crippen molar-refractivity contribution in [2.24, 2.45) is 10.7 Å². The largest absolute Gasteiger partial charge is 0.400 e. The van der Waals surface area contributed by atoms with E-state index >= 15 is 0 Å². The smallest absolute Gasteiger partial charge is 0.390 e. The topological polar surface area (TPSA) is 113 Å². The van der Waals surface area contributed by atoms with Gasteiger partial charge in [-0.1, -0.05) is 89.0 Å². The molecule has 2 aliphatic rings. The molecule has 0 atom stereocenters. The van der Waals surface area contributed by atoms with Gasteiger partial charge in [0.1, 0.15) is 11.5 Å². The van der Waals surface area contributed by atoms with Crippen LogP contribution in [0.25, 0.3) is 0 Å². The maximum Gasteiger partial charge on any atom is 0.390 e. The molecule has 2 aromatic rings. The molecule has 1 saturated heterocycles. The van der Waals surface area contributed by atoms with Crippen molar-refractivity contribution in [2.75, 3.05) is 26.3 Å². The predicted octanol–water partition coefficient (Wildman–Crippen LogP) is 8.93. The first kappa shape index (κ1) is 40.6. The van der Waals surface area contributed by atoms with Gasteiger partial charge in [0, 0.05) is 29.2 Å². The zero-order chi connectivity index (χ0) is 34.9. The van der Waals surface area contributed by atoms with Gasteiger partial charge in [-0.15, -0.1) is 0 Å². The molecule has 0 bridgehead atoms. The van der Waals surface area contributed by atoms with E-state index in [4.69, 9.17) is 37.2 Å². The minimum absolute atomic E-state index is 0.178. The Kier molecular flexibility index (Phi) is 17.6. The number of nitrogens with one attached hydrogen (secondary N) is 2. The molecule has 1 saturated carbocycles. The molecule has 1 aliphatic heterocycles. The molecule has 12 heteroatoms. The number of benzene rings is 2. The molecule has 4 rings (SSSR count). The Morgan fingerprint density at radius 1 is 1.07 bits per heavy atom. The Bertz CT molecular complexity index is 1310. The SMILES string of the molecule is CC.CC.CC.Cc1ccc(C(=N)N(CCC(F)(F)F)C(=O)NC/C(N)=C2\CCCC3(OCCO3)C2=Nc2cccc(Cl)c2)cc1. The van der Waals surface area contributed by atoms with Crippen LogP contribution in [0.4, 0.5) is 23.7 Å². The lowest BCUT2D eigenvalue weighted by Gasteiger charge is -2.35. The van der Waals surface area contributed by atoms with E-state index in [1.807, 2.05) is 48.5 Å². The van der Waals surface area contributed by atoms with Gasteiger partial charge in [0.25, 0.3) is 0 Å². The Hall–Kier alpha value is -3.41. The normalized spacial score (nSPS) is 17.0. The number of nitrogens with zero attached hydrogens (tertiary/aromatic N) is 2. The van der Waals surface area contributed by atoms with Crippen LogP contribution in [0.5, 0.6) is 0 Å². The van der Waals surface area contributed by atoms with E-state index in [1.165, 1.54) is 0 Å². The lowest BCUT2D eigenvalue weighted by molar-refractivity contribution is -0.135. The first-order valence-electron chi connectivity index (χ1n) is 15.9. The van der Waals surface area contributed by atoms with Crippen LogP contribution in [0, 0.1) is 12.3 Å². The summed E-state index contributed by atoms with van der Waals surface area (Å²) >= 11 is 6.15. The average molecular weight is 668 g/mol. The van der Waals surface area contributed by atoms with Crippen molar-refractivity contribution in [1.29, 1.82) is 5.41 Å². The average Bonchev–Trinajstić information content (AvgIpc) is 3.52. The number of carbonyl (C=O) groups is 1. The third-order valence-electron chi connectivity index (χ3n) is 6.66. The number of amidine groups is 1. The first-order chi connectivity index (χ1) is 22.0. The number of urea groups is 1. The number of aryl methyl sites for hydroxylation is 1. The lowest BCUT2D eigenvalue weighted by Crippen LogP contribution is -2.47. The number of hydrogen-bond donors (Lipinski definition) is 3. The second-order valence-corrected chi connectivity index (χ2v) is 10.1. The van der Waals surface area contributed by atoms with Crippen molar-refractivity contribution in [3.63, 3.8) is 0 Å². The number of ether oxygens (including phenoxy) is 2. The number of halogens is 4. The van der Waals surface area contributed by atoms with Crippen LogP contribution in [0.3, 0.4) is 0 Å². The Labute approximate surface area is 276 Å². The van der Waals surface area contributed by atoms with E-state index in [0.29, 0.717) is 60.0 Å². The van der Waals surface area contributed by atoms with E-state index in [2.05, 4.69) is 5.32 Å². The molecule has 0 aromatic heterocycles. The number of amides is 2. The molecule has 0 unspecified atom stereocenters. The molecule has 46 heavy (non-hydrogen) atoms.